The SMILES string of the molecule is Cc1nn(-c2ccccc2)cc1C(=O)N1CCC(CC(=O)NCCC(C)C)CC1. The topological polar surface area (TPSA) is 67.2 Å². The molecule has 1 N–H and O–H groups in total. The number of aromatic nitrogens is 2. The number of nitrogens with zero attached hydrogens (tertiary/aromatic N) is 3. The molecule has 0 saturated carbocycles. The molecule has 1 aromatic carbocycles. The average Bonchev–Trinajstić information content (AvgIpc) is 3.10. The second-order valence-corrected chi connectivity index (χ2v) is 8.38. The number of hydrogen-bond acceptors (Lipinski definition) is 3. The average molecular weight is 397 g/mol. The molecule has 6 heteroatoms. The van der Waals surface area contributed by atoms with Crippen LogP contribution in [0, 0.1) is 18.8 Å². The van der Waals surface area contributed by atoms with Crippen LogP contribution in [0.25, 0.3) is 5.69 Å². The van der Waals surface area contributed by atoms with E-state index in [1.54, 1.807) is 4.68 Å². The first kappa shape index (κ1) is 21.1. The molecule has 2 amide bonds. The highest BCUT2D eigenvalue weighted by atomic mass is 16.2. The van der Waals surface area contributed by atoms with Gasteiger partial charge in [-0.3, -0.25) is 9.59 Å². The van der Waals surface area contributed by atoms with Crippen molar-refractivity contribution in [1.82, 2.24) is 20.0 Å². The predicted octanol–water partition coefficient (Wildman–Crippen LogP) is 3.59. The number of carbonyl (C=O) groups is 2. The minimum absolute atomic E-state index is 0.0320. The minimum atomic E-state index is 0.0320. The summed E-state index contributed by atoms with van der Waals surface area (Å²) in [6, 6.07) is 9.81. The van der Waals surface area contributed by atoms with E-state index in [1.165, 1.54) is 0 Å². The van der Waals surface area contributed by atoms with Crippen LogP contribution >= 0.6 is 0 Å². The Bertz CT molecular complexity index is 821. The number of piperidine rings is 1. The van der Waals surface area contributed by atoms with E-state index in [4.69, 9.17) is 0 Å². The van der Waals surface area contributed by atoms with Crippen molar-refractivity contribution >= 4 is 11.8 Å². The van der Waals surface area contributed by atoms with Crippen molar-refractivity contribution in [2.45, 2.75) is 46.5 Å². The lowest BCUT2D eigenvalue weighted by molar-refractivity contribution is -0.122. The molecule has 3 rings (SSSR count). The molecule has 1 fully saturated rings. The zero-order chi connectivity index (χ0) is 20.8. The van der Waals surface area contributed by atoms with Crippen LogP contribution in [0.1, 0.15) is 55.6 Å². The molecule has 29 heavy (non-hydrogen) atoms. The van der Waals surface area contributed by atoms with Crippen molar-refractivity contribution in [3.63, 3.8) is 0 Å². The Kier molecular flexibility index (Phi) is 7.07. The van der Waals surface area contributed by atoms with Crippen LogP contribution in [0.2, 0.25) is 0 Å². The van der Waals surface area contributed by atoms with Gasteiger partial charge in [-0.1, -0.05) is 32.0 Å². The smallest absolute Gasteiger partial charge is 0.257 e. The van der Waals surface area contributed by atoms with Crippen LogP contribution in [-0.4, -0.2) is 46.1 Å². The van der Waals surface area contributed by atoms with Crippen molar-refractivity contribution in [3.8, 4) is 5.69 Å². The van der Waals surface area contributed by atoms with Gasteiger partial charge in [0.1, 0.15) is 0 Å². The maximum absolute atomic E-state index is 13.0. The largest absolute Gasteiger partial charge is 0.356 e. The molecule has 156 valence electrons. The molecule has 0 bridgehead atoms. The molecule has 1 saturated heterocycles. The van der Waals surface area contributed by atoms with Gasteiger partial charge >= 0.3 is 0 Å². The molecule has 0 aliphatic carbocycles. The molecule has 0 atom stereocenters. The van der Waals surface area contributed by atoms with Gasteiger partial charge in [-0.05, 0) is 50.2 Å². The van der Waals surface area contributed by atoms with Gasteiger partial charge in [-0.2, -0.15) is 5.10 Å². The number of hydrogen-bond donors (Lipinski definition) is 1. The van der Waals surface area contributed by atoms with E-state index in [1.807, 2.05) is 48.4 Å². The van der Waals surface area contributed by atoms with E-state index < -0.39 is 0 Å². The molecule has 2 aromatic rings. The van der Waals surface area contributed by atoms with Crippen LogP contribution in [-0.2, 0) is 4.79 Å². The van der Waals surface area contributed by atoms with Gasteiger partial charge in [0.25, 0.3) is 5.91 Å². The van der Waals surface area contributed by atoms with E-state index in [9.17, 15) is 9.59 Å². The Hall–Kier alpha value is -2.63. The molecule has 6 nitrogen and oxygen atoms in total. The van der Waals surface area contributed by atoms with Crippen molar-refractivity contribution in [3.05, 3.63) is 47.8 Å². The van der Waals surface area contributed by atoms with Crippen LogP contribution in [0.4, 0.5) is 0 Å². The lowest BCUT2D eigenvalue weighted by atomic mass is 9.93. The molecule has 1 aliphatic rings. The fraction of sp³-hybridized carbons (Fsp3) is 0.522. The standard InChI is InChI=1S/C23H32N4O2/c1-17(2)9-12-24-22(28)15-19-10-13-26(14-11-19)23(29)21-16-27(25-18(21)3)20-7-5-4-6-8-20/h4-8,16-17,19H,9-15H2,1-3H3,(H,24,28). The Balaban J connectivity index is 1.51. The Morgan fingerprint density at radius 1 is 1.17 bits per heavy atom. The van der Waals surface area contributed by atoms with Crippen LogP contribution in [0.15, 0.2) is 36.5 Å². The monoisotopic (exact) mass is 396 g/mol. The Morgan fingerprint density at radius 3 is 2.52 bits per heavy atom. The zero-order valence-electron chi connectivity index (χ0n) is 17.7. The lowest BCUT2D eigenvalue weighted by Gasteiger charge is -2.31. The van der Waals surface area contributed by atoms with Crippen LogP contribution in [0.5, 0.6) is 0 Å². The van der Waals surface area contributed by atoms with Gasteiger partial charge < -0.3 is 10.2 Å². The third-order valence-electron chi connectivity index (χ3n) is 5.57. The number of rotatable bonds is 7. The fourth-order valence-corrected chi connectivity index (χ4v) is 3.73. The summed E-state index contributed by atoms with van der Waals surface area (Å²) in [4.78, 5) is 27.0. The molecule has 0 radical (unpaired) electrons. The third kappa shape index (κ3) is 5.68. The number of benzene rings is 1. The summed E-state index contributed by atoms with van der Waals surface area (Å²) in [6.45, 7) is 8.32. The number of nitrogens with one attached hydrogen (secondary N) is 1. The molecular formula is C23H32N4O2. The van der Waals surface area contributed by atoms with Gasteiger partial charge in [0.05, 0.1) is 16.9 Å². The van der Waals surface area contributed by atoms with E-state index >= 15 is 0 Å². The van der Waals surface area contributed by atoms with E-state index in [2.05, 4.69) is 24.3 Å². The first-order valence-electron chi connectivity index (χ1n) is 10.6. The lowest BCUT2D eigenvalue weighted by Crippen LogP contribution is -2.40. The first-order valence-corrected chi connectivity index (χ1v) is 10.6. The zero-order valence-corrected chi connectivity index (χ0v) is 17.7. The third-order valence-corrected chi connectivity index (χ3v) is 5.57. The molecule has 0 spiro atoms. The predicted molar refractivity (Wildman–Crippen MR) is 114 cm³/mol. The minimum Gasteiger partial charge on any atom is -0.356 e. The molecule has 2 heterocycles. The van der Waals surface area contributed by atoms with Crippen molar-refractivity contribution < 1.29 is 9.59 Å². The normalized spacial score (nSPS) is 15.0. The first-order chi connectivity index (χ1) is 13.9. The number of aryl methyl sites for hydroxylation is 1. The highest BCUT2D eigenvalue weighted by Gasteiger charge is 2.27. The van der Waals surface area contributed by atoms with Crippen molar-refractivity contribution in [1.29, 1.82) is 0 Å². The Labute approximate surface area is 173 Å². The summed E-state index contributed by atoms with van der Waals surface area (Å²) in [5.74, 6) is 1.12. The van der Waals surface area contributed by atoms with Crippen LogP contribution in [0.3, 0.4) is 0 Å². The van der Waals surface area contributed by atoms with Gasteiger partial charge in [-0.25, -0.2) is 4.68 Å². The summed E-state index contributed by atoms with van der Waals surface area (Å²) in [6.07, 6.45) is 5.13. The number of para-hydroxylation sites is 1. The maximum Gasteiger partial charge on any atom is 0.257 e. The second-order valence-electron chi connectivity index (χ2n) is 8.38. The second kappa shape index (κ2) is 9.72. The van der Waals surface area contributed by atoms with E-state index in [-0.39, 0.29) is 11.8 Å². The molecule has 0 unspecified atom stereocenters. The Morgan fingerprint density at radius 2 is 1.86 bits per heavy atom. The summed E-state index contributed by atoms with van der Waals surface area (Å²) in [7, 11) is 0. The van der Waals surface area contributed by atoms with Gasteiger partial charge in [0.15, 0.2) is 0 Å². The highest BCUT2D eigenvalue weighted by Crippen LogP contribution is 2.23. The van der Waals surface area contributed by atoms with Crippen molar-refractivity contribution in [2.24, 2.45) is 11.8 Å². The number of amides is 2. The summed E-state index contributed by atoms with van der Waals surface area (Å²) in [5.41, 5.74) is 2.33. The summed E-state index contributed by atoms with van der Waals surface area (Å²) >= 11 is 0. The fourth-order valence-electron chi connectivity index (χ4n) is 3.73. The molecule has 1 aliphatic heterocycles. The maximum atomic E-state index is 13.0. The number of carbonyl (C=O) groups excluding carboxylic acids is 2. The van der Waals surface area contributed by atoms with Crippen molar-refractivity contribution in [2.75, 3.05) is 19.6 Å². The quantitative estimate of drug-likeness (QED) is 0.778. The number of likely N-dealkylation sites (tertiary alicyclic amines) is 1. The van der Waals surface area contributed by atoms with Crippen LogP contribution < -0.4 is 5.32 Å². The summed E-state index contributed by atoms with van der Waals surface area (Å²) in [5, 5.41) is 7.52. The van der Waals surface area contributed by atoms with Gasteiger partial charge in [0.2, 0.25) is 5.91 Å². The molecule has 1 aromatic heterocycles. The van der Waals surface area contributed by atoms with E-state index in [0.717, 1.165) is 37.2 Å². The summed E-state index contributed by atoms with van der Waals surface area (Å²) < 4.78 is 1.76. The highest BCUT2D eigenvalue weighted by molar-refractivity contribution is 5.95. The van der Waals surface area contributed by atoms with Gasteiger partial charge in [0, 0.05) is 32.3 Å². The van der Waals surface area contributed by atoms with E-state index in [0.29, 0.717) is 36.9 Å². The van der Waals surface area contributed by atoms with Gasteiger partial charge in [-0.15, -0.1) is 0 Å². The molecular weight excluding hydrogens is 364 g/mol.